The molecule has 0 saturated heterocycles. The molecule has 1 aromatic heterocycles. The third-order valence-electron chi connectivity index (χ3n) is 4.85. The molecule has 0 aliphatic carbocycles. The zero-order valence-corrected chi connectivity index (χ0v) is 19.2. The van der Waals surface area contributed by atoms with Crippen LogP contribution in [0.4, 0.5) is 0 Å². The van der Waals surface area contributed by atoms with Gasteiger partial charge in [0.15, 0.2) is 11.8 Å². The van der Waals surface area contributed by atoms with Crippen molar-refractivity contribution in [2.45, 2.75) is 32.0 Å². The zero-order valence-electron chi connectivity index (χ0n) is 18.4. The molecule has 8 heteroatoms. The Hall–Kier alpha value is -3.13. The quantitative estimate of drug-likeness (QED) is 0.198. The lowest BCUT2D eigenvalue weighted by Gasteiger charge is -2.14. The number of hydrogen-bond donors (Lipinski definition) is 0. The smallest absolute Gasteiger partial charge is 0.316 e. The largest absolute Gasteiger partial charge is 0.496 e. The van der Waals surface area contributed by atoms with Crippen molar-refractivity contribution < 1.29 is 19.1 Å². The van der Waals surface area contributed by atoms with Gasteiger partial charge >= 0.3 is 5.97 Å². The topological polar surface area (TPSA) is 87.5 Å². The first-order chi connectivity index (χ1) is 15.4. The predicted octanol–water partition coefficient (Wildman–Crippen LogP) is 3.97. The molecule has 1 heterocycles. The summed E-state index contributed by atoms with van der Waals surface area (Å²) in [5, 5.41) is 1.01. The molecule has 0 fully saturated rings. The molecule has 0 spiro atoms. The summed E-state index contributed by atoms with van der Waals surface area (Å²) in [6.45, 7) is 4.30. The van der Waals surface area contributed by atoms with E-state index < -0.39 is 5.97 Å². The maximum atomic E-state index is 13.0. The Bertz CT molecular complexity index is 1170. The van der Waals surface area contributed by atoms with Crippen LogP contribution in [0.1, 0.15) is 30.6 Å². The van der Waals surface area contributed by atoms with E-state index in [2.05, 4.69) is 18.8 Å². The van der Waals surface area contributed by atoms with Crippen molar-refractivity contribution in [1.82, 2.24) is 9.55 Å². The van der Waals surface area contributed by atoms with Gasteiger partial charge in [0.25, 0.3) is 5.56 Å². The highest BCUT2D eigenvalue weighted by molar-refractivity contribution is 7.99. The third kappa shape index (κ3) is 5.76. The van der Waals surface area contributed by atoms with Crippen LogP contribution in [0.3, 0.4) is 0 Å². The Kier molecular flexibility index (Phi) is 8.05. The number of esters is 1. The predicted molar refractivity (Wildman–Crippen MR) is 124 cm³/mol. The van der Waals surface area contributed by atoms with Gasteiger partial charge in [0.1, 0.15) is 5.75 Å². The van der Waals surface area contributed by atoms with Crippen LogP contribution < -0.4 is 10.3 Å². The summed E-state index contributed by atoms with van der Waals surface area (Å²) in [6.07, 6.45) is 0.811. The summed E-state index contributed by atoms with van der Waals surface area (Å²) in [5.41, 5.74) is 0.813. The molecule has 0 amide bonds. The van der Waals surface area contributed by atoms with Crippen molar-refractivity contribution in [3.63, 3.8) is 0 Å². The van der Waals surface area contributed by atoms with Crippen molar-refractivity contribution in [2.24, 2.45) is 5.92 Å². The molecule has 0 radical (unpaired) electrons. The van der Waals surface area contributed by atoms with E-state index in [1.165, 1.54) is 7.11 Å². The Morgan fingerprint density at radius 1 is 1.09 bits per heavy atom. The Morgan fingerprint density at radius 2 is 1.81 bits per heavy atom. The fraction of sp³-hybridized carbons (Fsp3) is 0.333. The molecule has 7 nitrogen and oxygen atoms in total. The molecular formula is C24H26N2O5S. The number of carbonyl (C=O) groups is 2. The number of aromatic nitrogens is 2. The number of fused-ring (bicyclic) bond motifs is 1. The number of thioether (sulfide) groups is 1. The lowest BCUT2D eigenvalue weighted by atomic mass is 10.1. The van der Waals surface area contributed by atoms with E-state index in [-0.39, 0.29) is 23.7 Å². The normalized spacial score (nSPS) is 11.0. The van der Waals surface area contributed by atoms with Crippen molar-refractivity contribution in [1.29, 1.82) is 0 Å². The summed E-state index contributed by atoms with van der Waals surface area (Å²) in [5.74, 6) is -0.129. The molecular weight excluding hydrogens is 428 g/mol. The first-order valence-corrected chi connectivity index (χ1v) is 11.3. The maximum absolute atomic E-state index is 13.0. The van der Waals surface area contributed by atoms with Gasteiger partial charge in [-0.25, -0.2) is 4.98 Å². The first-order valence-electron chi connectivity index (χ1n) is 10.3. The average molecular weight is 455 g/mol. The van der Waals surface area contributed by atoms with Crippen LogP contribution >= 0.6 is 11.8 Å². The van der Waals surface area contributed by atoms with Gasteiger partial charge in [-0.1, -0.05) is 49.9 Å². The second kappa shape index (κ2) is 10.9. The second-order valence-electron chi connectivity index (χ2n) is 7.62. The first kappa shape index (κ1) is 23.5. The van der Waals surface area contributed by atoms with E-state index >= 15 is 0 Å². The fourth-order valence-electron chi connectivity index (χ4n) is 3.11. The molecule has 0 aliphatic rings. The average Bonchev–Trinajstić information content (AvgIpc) is 2.80. The van der Waals surface area contributed by atoms with E-state index in [0.29, 0.717) is 39.8 Å². The number of para-hydroxylation sites is 2. The van der Waals surface area contributed by atoms with E-state index in [0.717, 1.165) is 18.2 Å². The van der Waals surface area contributed by atoms with Gasteiger partial charge in [0.2, 0.25) is 5.78 Å². The molecule has 168 valence electrons. The van der Waals surface area contributed by atoms with E-state index in [1.807, 2.05) is 6.07 Å². The molecule has 32 heavy (non-hydrogen) atoms. The van der Waals surface area contributed by atoms with Crippen molar-refractivity contribution in [3.8, 4) is 5.75 Å². The van der Waals surface area contributed by atoms with Gasteiger partial charge in [-0.3, -0.25) is 19.0 Å². The molecule has 2 aromatic carbocycles. The highest BCUT2D eigenvalue weighted by Crippen LogP contribution is 2.20. The van der Waals surface area contributed by atoms with Crippen LogP contribution in [0.2, 0.25) is 0 Å². The van der Waals surface area contributed by atoms with Crippen LogP contribution in [-0.2, 0) is 16.1 Å². The van der Waals surface area contributed by atoms with Gasteiger partial charge < -0.3 is 9.47 Å². The summed E-state index contributed by atoms with van der Waals surface area (Å²) >= 11 is 1.13. The van der Waals surface area contributed by atoms with Crippen molar-refractivity contribution in [2.75, 3.05) is 19.5 Å². The molecule has 0 atom stereocenters. The minimum Gasteiger partial charge on any atom is -0.496 e. The minimum absolute atomic E-state index is 0.0638. The van der Waals surface area contributed by atoms with E-state index in [4.69, 9.17) is 9.47 Å². The molecule has 0 unspecified atom stereocenters. The molecule has 0 bridgehead atoms. The molecule has 0 saturated carbocycles. The van der Waals surface area contributed by atoms with E-state index in [1.54, 1.807) is 47.0 Å². The number of Topliss-reactive ketones (excluding diaryl/α,β-unsaturated/α-hetero) is 1. The van der Waals surface area contributed by atoms with Crippen LogP contribution in [0.15, 0.2) is 58.5 Å². The minimum atomic E-state index is -0.559. The molecule has 0 aliphatic heterocycles. The SMILES string of the molecule is COc1ccccc1C(=O)COC(=O)CSc1nc2ccccc2c(=O)n1CCC(C)C. The van der Waals surface area contributed by atoms with Crippen LogP contribution in [-0.4, -0.2) is 40.8 Å². The van der Waals surface area contributed by atoms with Gasteiger partial charge in [0.05, 0.1) is 29.3 Å². The molecule has 3 rings (SSSR count). The number of hydrogen-bond acceptors (Lipinski definition) is 7. The lowest BCUT2D eigenvalue weighted by Crippen LogP contribution is -2.24. The molecule has 0 N–H and O–H groups in total. The Balaban J connectivity index is 1.69. The summed E-state index contributed by atoms with van der Waals surface area (Å²) in [4.78, 5) is 42.2. The van der Waals surface area contributed by atoms with Gasteiger partial charge in [-0.2, -0.15) is 0 Å². The summed E-state index contributed by atoms with van der Waals surface area (Å²) < 4.78 is 11.9. The standard InChI is InChI=1S/C24H26N2O5S/c1-16(2)12-13-26-23(29)17-8-4-6-10-19(17)25-24(26)32-15-22(28)31-14-20(27)18-9-5-7-11-21(18)30-3/h4-11,16H,12-15H2,1-3H3. The third-order valence-corrected chi connectivity index (χ3v) is 5.80. The summed E-state index contributed by atoms with van der Waals surface area (Å²) in [7, 11) is 1.48. The number of benzene rings is 2. The van der Waals surface area contributed by atoms with Gasteiger partial charge in [-0.15, -0.1) is 0 Å². The van der Waals surface area contributed by atoms with Crippen molar-refractivity contribution in [3.05, 3.63) is 64.4 Å². The van der Waals surface area contributed by atoms with Gasteiger partial charge in [0, 0.05) is 6.54 Å². The lowest BCUT2D eigenvalue weighted by molar-refractivity contribution is -0.139. The van der Waals surface area contributed by atoms with Crippen LogP contribution in [0.25, 0.3) is 10.9 Å². The fourth-order valence-corrected chi connectivity index (χ4v) is 3.93. The number of methoxy groups -OCH3 is 1. The zero-order chi connectivity index (χ0) is 23.1. The number of carbonyl (C=O) groups excluding carboxylic acids is 2. The number of ketones is 1. The van der Waals surface area contributed by atoms with Crippen LogP contribution in [0, 0.1) is 5.92 Å². The Labute approximate surface area is 190 Å². The highest BCUT2D eigenvalue weighted by atomic mass is 32.2. The van der Waals surface area contributed by atoms with E-state index in [9.17, 15) is 14.4 Å². The molecule has 3 aromatic rings. The number of ether oxygens (including phenoxy) is 2. The van der Waals surface area contributed by atoms with Gasteiger partial charge in [-0.05, 0) is 36.6 Å². The Morgan fingerprint density at radius 3 is 2.56 bits per heavy atom. The number of nitrogens with zero attached hydrogens (tertiary/aromatic N) is 2. The van der Waals surface area contributed by atoms with Crippen molar-refractivity contribution >= 4 is 34.4 Å². The van der Waals surface area contributed by atoms with Crippen LogP contribution in [0.5, 0.6) is 5.75 Å². The highest BCUT2D eigenvalue weighted by Gasteiger charge is 2.17. The second-order valence-corrected chi connectivity index (χ2v) is 8.57. The maximum Gasteiger partial charge on any atom is 0.316 e. The summed E-state index contributed by atoms with van der Waals surface area (Å²) in [6, 6.07) is 13.9. The number of rotatable bonds is 10. The monoisotopic (exact) mass is 454 g/mol.